The number of aromatic nitrogens is 2. The third-order valence-electron chi connectivity index (χ3n) is 5.16. The van der Waals surface area contributed by atoms with Gasteiger partial charge in [0.05, 0.1) is 5.69 Å². The fraction of sp³-hybridized carbons (Fsp3) is 0.238. The molecular weight excluding hydrogens is 392 g/mol. The predicted molar refractivity (Wildman–Crippen MR) is 105 cm³/mol. The molecule has 3 heterocycles. The molecular formula is C21H18N2O5S. The molecule has 1 saturated carbocycles. The monoisotopic (exact) mass is 410 g/mol. The van der Waals surface area contributed by atoms with Crippen LogP contribution in [0.5, 0.6) is 11.5 Å². The number of fused-ring (bicyclic) bond motifs is 1. The van der Waals surface area contributed by atoms with Gasteiger partial charge in [0.15, 0.2) is 17.8 Å². The number of aldehydes is 1. The molecule has 8 heteroatoms. The number of rotatable bonds is 5. The first-order valence-corrected chi connectivity index (χ1v) is 10.8. The van der Waals surface area contributed by atoms with E-state index in [0.29, 0.717) is 41.5 Å². The van der Waals surface area contributed by atoms with E-state index >= 15 is 0 Å². The first-order valence-electron chi connectivity index (χ1n) is 9.35. The molecule has 0 amide bonds. The number of hydrogen-bond donors (Lipinski definition) is 0. The summed E-state index contributed by atoms with van der Waals surface area (Å²) < 4.78 is 39.3. The Kier molecular flexibility index (Phi) is 4.16. The molecule has 7 nitrogen and oxygen atoms in total. The van der Waals surface area contributed by atoms with Crippen LogP contribution in [0, 0.1) is 0 Å². The van der Waals surface area contributed by atoms with Crippen molar-refractivity contribution >= 4 is 16.3 Å². The molecule has 1 aliphatic carbocycles. The molecule has 2 aromatic heterocycles. The number of benzene rings is 1. The van der Waals surface area contributed by atoms with Crippen LogP contribution in [-0.4, -0.2) is 36.9 Å². The van der Waals surface area contributed by atoms with Gasteiger partial charge in [-0.05, 0) is 54.7 Å². The van der Waals surface area contributed by atoms with E-state index in [2.05, 4.69) is 4.98 Å². The Morgan fingerprint density at radius 2 is 1.90 bits per heavy atom. The fourth-order valence-corrected chi connectivity index (χ4v) is 5.06. The van der Waals surface area contributed by atoms with Crippen LogP contribution in [-0.2, 0) is 10.0 Å². The SMILES string of the molecule is O=Cc1cn(S(=O)(=O)c2cccnc2)c(-c2ccc3c(c2)OCCO3)c1C1CC1. The lowest BCUT2D eigenvalue weighted by atomic mass is 10.0. The summed E-state index contributed by atoms with van der Waals surface area (Å²) >= 11 is 0. The molecule has 1 aliphatic heterocycles. The van der Waals surface area contributed by atoms with Gasteiger partial charge in [-0.2, -0.15) is 0 Å². The molecule has 1 aromatic carbocycles. The smallest absolute Gasteiger partial charge is 0.269 e. The van der Waals surface area contributed by atoms with Gasteiger partial charge < -0.3 is 9.47 Å². The number of carbonyl (C=O) groups excluding carboxylic acids is 1. The lowest BCUT2D eigenvalue weighted by Crippen LogP contribution is -2.16. The molecule has 29 heavy (non-hydrogen) atoms. The van der Waals surface area contributed by atoms with Crippen molar-refractivity contribution in [3.8, 4) is 22.8 Å². The van der Waals surface area contributed by atoms with E-state index in [1.165, 1.54) is 28.6 Å². The average molecular weight is 410 g/mol. The van der Waals surface area contributed by atoms with Crippen LogP contribution >= 0.6 is 0 Å². The Morgan fingerprint density at radius 3 is 2.59 bits per heavy atom. The maximum atomic E-state index is 13.4. The Hall–Kier alpha value is -3.13. The molecule has 0 N–H and O–H groups in total. The summed E-state index contributed by atoms with van der Waals surface area (Å²) in [7, 11) is -3.93. The highest BCUT2D eigenvalue weighted by molar-refractivity contribution is 7.90. The Balaban J connectivity index is 1.76. The zero-order valence-corrected chi connectivity index (χ0v) is 16.3. The van der Waals surface area contributed by atoms with Crippen molar-refractivity contribution in [1.82, 2.24) is 8.96 Å². The van der Waals surface area contributed by atoms with E-state index in [0.717, 1.165) is 24.7 Å². The van der Waals surface area contributed by atoms with Gasteiger partial charge in [0, 0.05) is 29.7 Å². The zero-order chi connectivity index (χ0) is 20.0. The van der Waals surface area contributed by atoms with Gasteiger partial charge in [-0.25, -0.2) is 12.4 Å². The second kappa shape index (κ2) is 6.73. The molecule has 0 unspecified atom stereocenters. The summed E-state index contributed by atoms with van der Waals surface area (Å²) in [6.07, 6.45) is 6.81. The third-order valence-corrected chi connectivity index (χ3v) is 6.81. The van der Waals surface area contributed by atoms with Crippen molar-refractivity contribution in [2.75, 3.05) is 13.2 Å². The number of carbonyl (C=O) groups is 1. The first-order chi connectivity index (χ1) is 14.1. The lowest BCUT2D eigenvalue weighted by Gasteiger charge is -2.20. The van der Waals surface area contributed by atoms with E-state index in [9.17, 15) is 13.2 Å². The van der Waals surface area contributed by atoms with Crippen LogP contribution in [0.1, 0.15) is 34.7 Å². The van der Waals surface area contributed by atoms with E-state index < -0.39 is 10.0 Å². The molecule has 0 bridgehead atoms. The maximum Gasteiger partial charge on any atom is 0.269 e. The first kappa shape index (κ1) is 17.9. The molecule has 0 radical (unpaired) electrons. The van der Waals surface area contributed by atoms with Gasteiger partial charge in [-0.1, -0.05) is 0 Å². The summed E-state index contributed by atoms with van der Waals surface area (Å²) in [6, 6.07) is 8.42. The van der Waals surface area contributed by atoms with E-state index in [1.54, 1.807) is 24.3 Å². The van der Waals surface area contributed by atoms with Crippen LogP contribution in [0.2, 0.25) is 0 Å². The number of pyridine rings is 1. The number of ether oxygens (including phenoxy) is 2. The highest BCUT2D eigenvalue weighted by Crippen LogP contribution is 2.48. The lowest BCUT2D eigenvalue weighted by molar-refractivity contribution is 0.112. The van der Waals surface area contributed by atoms with Crippen molar-refractivity contribution in [2.45, 2.75) is 23.7 Å². The van der Waals surface area contributed by atoms with Gasteiger partial charge in [-0.3, -0.25) is 9.78 Å². The van der Waals surface area contributed by atoms with Crippen LogP contribution < -0.4 is 9.47 Å². The molecule has 0 atom stereocenters. The van der Waals surface area contributed by atoms with Crippen molar-refractivity contribution in [1.29, 1.82) is 0 Å². The van der Waals surface area contributed by atoms with Gasteiger partial charge in [0.25, 0.3) is 10.0 Å². The normalized spacial score (nSPS) is 15.9. The van der Waals surface area contributed by atoms with Crippen molar-refractivity contribution in [3.63, 3.8) is 0 Å². The molecule has 148 valence electrons. The number of nitrogens with zero attached hydrogens (tertiary/aromatic N) is 2. The molecule has 0 spiro atoms. The van der Waals surface area contributed by atoms with Crippen LogP contribution in [0.15, 0.2) is 53.8 Å². The largest absolute Gasteiger partial charge is 0.486 e. The summed E-state index contributed by atoms with van der Waals surface area (Å²) in [5.74, 6) is 1.36. The minimum absolute atomic E-state index is 0.0635. The minimum Gasteiger partial charge on any atom is -0.486 e. The predicted octanol–water partition coefficient (Wildman–Crippen LogP) is 3.25. The van der Waals surface area contributed by atoms with Crippen LogP contribution in [0.4, 0.5) is 0 Å². The second-order valence-corrected chi connectivity index (χ2v) is 8.90. The quantitative estimate of drug-likeness (QED) is 0.600. The van der Waals surface area contributed by atoms with Crippen LogP contribution in [0.3, 0.4) is 0 Å². The number of hydrogen-bond acceptors (Lipinski definition) is 6. The molecule has 0 saturated heterocycles. The average Bonchev–Trinajstić information content (AvgIpc) is 3.52. The van der Waals surface area contributed by atoms with E-state index in [1.807, 2.05) is 0 Å². The topological polar surface area (TPSA) is 87.5 Å². The maximum absolute atomic E-state index is 13.4. The summed E-state index contributed by atoms with van der Waals surface area (Å²) in [5.41, 5.74) is 2.32. The van der Waals surface area contributed by atoms with Crippen molar-refractivity contribution in [2.24, 2.45) is 0 Å². The fourth-order valence-electron chi connectivity index (χ4n) is 3.69. The second-order valence-electron chi connectivity index (χ2n) is 7.09. The third kappa shape index (κ3) is 3.00. The highest BCUT2D eigenvalue weighted by atomic mass is 32.2. The van der Waals surface area contributed by atoms with Crippen molar-refractivity contribution in [3.05, 3.63) is 60.0 Å². The van der Waals surface area contributed by atoms with E-state index in [4.69, 9.17) is 9.47 Å². The van der Waals surface area contributed by atoms with Gasteiger partial charge in [0.2, 0.25) is 0 Å². The summed E-state index contributed by atoms with van der Waals surface area (Å²) in [6.45, 7) is 0.904. The van der Waals surface area contributed by atoms with Crippen molar-refractivity contribution < 1.29 is 22.7 Å². The Labute approximate surface area is 168 Å². The highest BCUT2D eigenvalue weighted by Gasteiger charge is 2.35. The zero-order valence-electron chi connectivity index (χ0n) is 15.4. The van der Waals surface area contributed by atoms with Crippen LogP contribution in [0.25, 0.3) is 11.3 Å². The van der Waals surface area contributed by atoms with Gasteiger partial charge in [0.1, 0.15) is 18.1 Å². The van der Waals surface area contributed by atoms with Gasteiger partial charge in [-0.15, -0.1) is 0 Å². The summed E-state index contributed by atoms with van der Waals surface area (Å²) in [5, 5.41) is 0. The molecule has 1 fully saturated rings. The molecule has 5 rings (SSSR count). The molecule has 3 aromatic rings. The van der Waals surface area contributed by atoms with Gasteiger partial charge >= 0.3 is 0 Å². The van der Waals surface area contributed by atoms with E-state index in [-0.39, 0.29) is 10.8 Å². The minimum atomic E-state index is -3.93. The standard InChI is InChI=1S/C21H18N2O5S/c24-13-16-12-23(29(25,26)17-2-1-7-22-11-17)21(20(16)14-3-4-14)15-5-6-18-19(10-15)28-9-8-27-18/h1-2,5-7,10-14H,3-4,8-9H2. The Morgan fingerprint density at radius 1 is 1.10 bits per heavy atom. The molecule has 2 aliphatic rings. The summed E-state index contributed by atoms with van der Waals surface area (Å²) in [4.78, 5) is 15.8. The Bertz CT molecular complexity index is 1200.